The summed E-state index contributed by atoms with van der Waals surface area (Å²) in [5.41, 5.74) is -0.469. The number of ether oxygens (including phenoxy) is 1. The largest absolute Gasteiger partial charge is 0.376 e. The molecule has 0 aromatic rings. The van der Waals surface area contributed by atoms with E-state index in [1.807, 2.05) is 18.7 Å². The quantitative estimate of drug-likeness (QED) is 0.810. The highest BCUT2D eigenvalue weighted by Gasteiger charge is 2.42. The van der Waals surface area contributed by atoms with Crippen LogP contribution >= 0.6 is 0 Å². The van der Waals surface area contributed by atoms with Crippen LogP contribution in [0.4, 0.5) is 0 Å². The van der Waals surface area contributed by atoms with Gasteiger partial charge in [-0.25, -0.2) is 0 Å². The Balaban J connectivity index is 2.17. The standard InChI is InChI=1S/C14H26N2O2/c1-13(2)9-15-10-14(3,4)16(12(13)17)8-11-6-5-7-18-11/h11,15H,5-10H2,1-4H3. The molecule has 4 nitrogen and oxygen atoms in total. The van der Waals surface area contributed by atoms with Gasteiger partial charge in [0.25, 0.3) is 0 Å². The van der Waals surface area contributed by atoms with Gasteiger partial charge in [0, 0.05) is 31.8 Å². The van der Waals surface area contributed by atoms with Gasteiger partial charge in [0.05, 0.1) is 11.5 Å². The minimum absolute atomic E-state index is 0.142. The fraction of sp³-hybridized carbons (Fsp3) is 0.929. The van der Waals surface area contributed by atoms with Crippen molar-refractivity contribution in [1.82, 2.24) is 10.2 Å². The summed E-state index contributed by atoms with van der Waals surface area (Å²) in [7, 11) is 0. The molecule has 2 fully saturated rings. The van der Waals surface area contributed by atoms with Crippen molar-refractivity contribution in [3.05, 3.63) is 0 Å². The van der Waals surface area contributed by atoms with E-state index in [9.17, 15) is 4.79 Å². The molecular weight excluding hydrogens is 228 g/mol. The summed E-state index contributed by atoms with van der Waals surface area (Å²) in [6, 6.07) is 0. The molecule has 1 atom stereocenters. The van der Waals surface area contributed by atoms with Gasteiger partial charge in [-0.1, -0.05) is 0 Å². The Bertz CT molecular complexity index is 320. The van der Waals surface area contributed by atoms with E-state index in [2.05, 4.69) is 19.2 Å². The number of rotatable bonds is 2. The van der Waals surface area contributed by atoms with Crippen LogP contribution in [0.2, 0.25) is 0 Å². The first-order valence-electron chi connectivity index (χ1n) is 6.97. The molecular formula is C14H26N2O2. The minimum Gasteiger partial charge on any atom is -0.376 e. The Hall–Kier alpha value is -0.610. The Kier molecular flexibility index (Phi) is 3.70. The van der Waals surface area contributed by atoms with Crippen molar-refractivity contribution >= 4 is 5.91 Å². The van der Waals surface area contributed by atoms with Crippen LogP contribution < -0.4 is 5.32 Å². The average molecular weight is 254 g/mol. The van der Waals surface area contributed by atoms with Gasteiger partial charge < -0.3 is 15.0 Å². The second-order valence-electron chi connectivity index (χ2n) is 6.85. The van der Waals surface area contributed by atoms with Crippen molar-refractivity contribution in [3.8, 4) is 0 Å². The van der Waals surface area contributed by atoms with Crippen LogP contribution in [-0.2, 0) is 9.53 Å². The molecule has 2 aliphatic heterocycles. The third kappa shape index (κ3) is 2.69. The monoisotopic (exact) mass is 254 g/mol. The first-order chi connectivity index (χ1) is 8.33. The SMILES string of the molecule is CC1(C)CNCC(C)(C)N(CC2CCCO2)C1=O. The van der Waals surface area contributed by atoms with Crippen molar-refractivity contribution in [2.75, 3.05) is 26.2 Å². The Morgan fingerprint density at radius 2 is 2.06 bits per heavy atom. The average Bonchev–Trinajstić information content (AvgIpc) is 2.74. The lowest BCUT2D eigenvalue weighted by molar-refractivity contribution is -0.145. The van der Waals surface area contributed by atoms with Gasteiger partial charge in [-0.2, -0.15) is 0 Å². The van der Waals surface area contributed by atoms with Gasteiger partial charge in [-0.15, -0.1) is 0 Å². The zero-order chi connectivity index (χ0) is 13.4. The highest BCUT2D eigenvalue weighted by molar-refractivity contribution is 5.83. The van der Waals surface area contributed by atoms with Crippen molar-refractivity contribution in [1.29, 1.82) is 0 Å². The van der Waals surface area contributed by atoms with E-state index in [1.54, 1.807) is 0 Å². The maximum absolute atomic E-state index is 12.7. The normalized spacial score (nSPS) is 31.4. The summed E-state index contributed by atoms with van der Waals surface area (Å²) in [6.45, 7) is 11.5. The third-order valence-electron chi connectivity index (χ3n) is 4.09. The maximum Gasteiger partial charge on any atom is 0.230 e. The van der Waals surface area contributed by atoms with Crippen LogP contribution in [0.15, 0.2) is 0 Å². The second-order valence-corrected chi connectivity index (χ2v) is 6.85. The van der Waals surface area contributed by atoms with E-state index >= 15 is 0 Å². The van der Waals surface area contributed by atoms with Crippen LogP contribution in [0.5, 0.6) is 0 Å². The molecule has 0 saturated carbocycles. The lowest BCUT2D eigenvalue weighted by atomic mass is 9.90. The van der Waals surface area contributed by atoms with Gasteiger partial charge in [0.15, 0.2) is 0 Å². The number of hydrogen-bond acceptors (Lipinski definition) is 3. The molecule has 1 N–H and O–H groups in total. The number of hydrogen-bond donors (Lipinski definition) is 1. The first kappa shape index (κ1) is 13.8. The fourth-order valence-corrected chi connectivity index (χ4v) is 2.81. The molecule has 18 heavy (non-hydrogen) atoms. The molecule has 104 valence electrons. The summed E-state index contributed by atoms with van der Waals surface area (Å²) in [6.07, 6.45) is 2.42. The zero-order valence-corrected chi connectivity index (χ0v) is 12.1. The maximum atomic E-state index is 12.7. The van der Waals surface area contributed by atoms with Crippen molar-refractivity contribution < 1.29 is 9.53 Å². The predicted octanol–water partition coefficient (Wildman–Crippen LogP) is 1.40. The summed E-state index contributed by atoms with van der Waals surface area (Å²) in [5.74, 6) is 0.244. The van der Waals surface area contributed by atoms with Crippen molar-refractivity contribution in [2.45, 2.75) is 52.2 Å². The molecule has 2 aliphatic rings. The third-order valence-corrected chi connectivity index (χ3v) is 4.09. The topological polar surface area (TPSA) is 41.6 Å². The molecule has 2 rings (SSSR count). The molecule has 0 bridgehead atoms. The van der Waals surface area contributed by atoms with Crippen LogP contribution in [0, 0.1) is 5.41 Å². The van der Waals surface area contributed by atoms with Crippen LogP contribution in [-0.4, -0.2) is 48.7 Å². The van der Waals surface area contributed by atoms with E-state index in [4.69, 9.17) is 4.74 Å². The number of carbonyl (C=O) groups excluding carboxylic acids is 1. The molecule has 2 heterocycles. The van der Waals surface area contributed by atoms with Gasteiger partial charge in [-0.3, -0.25) is 4.79 Å². The van der Waals surface area contributed by atoms with Crippen molar-refractivity contribution in [2.24, 2.45) is 5.41 Å². The first-order valence-corrected chi connectivity index (χ1v) is 6.97. The molecule has 2 saturated heterocycles. The molecule has 1 amide bonds. The number of carbonyl (C=O) groups is 1. The van der Waals surface area contributed by atoms with Crippen LogP contribution in [0.25, 0.3) is 0 Å². The van der Waals surface area contributed by atoms with Crippen molar-refractivity contribution in [3.63, 3.8) is 0 Å². The fourth-order valence-electron chi connectivity index (χ4n) is 2.81. The van der Waals surface area contributed by atoms with E-state index in [-0.39, 0.29) is 23.0 Å². The lowest BCUT2D eigenvalue weighted by Crippen LogP contribution is -2.55. The molecule has 0 aromatic heterocycles. The minimum atomic E-state index is -0.327. The summed E-state index contributed by atoms with van der Waals surface area (Å²) >= 11 is 0. The smallest absolute Gasteiger partial charge is 0.230 e. The van der Waals surface area contributed by atoms with Crippen LogP contribution in [0.1, 0.15) is 40.5 Å². The van der Waals surface area contributed by atoms with Gasteiger partial charge >= 0.3 is 0 Å². The molecule has 0 spiro atoms. The molecule has 1 unspecified atom stereocenters. The second kappa shape index (κ2) is 4.82. The van der Waals surface area contributed by atoms with E-state index in [0.29, 0.717) is 0 Å². The molecule has 0 aromatic carbocycles. The van der Waals surface area contributed by atoms with Gasteiger partial charge in [0.2, 0.25) is 5.91 Å². The number of amides is 1. The predicted molar refractivity (Wildman–Crippen MR) is 71.4 cm³/mol. The molecule has 0 radical (unpaired) electrons. The Morgan fingerprint density at radius 3 is 2.67 bits per heavy atom. The summed E-state index contributed by atoms with van der Waals surface area (Å²) in [4.78, 5) is 14.7. The van der Waals surface area contributed by atoms with E-state index in [0.717, 1.165) is 39.1 Å². The molecule has 4 heteroatoms. The Labute approximate surface area is 110 Å². The zero-order valence-electron chi connectivity index (χ0n) is 12.1. The highest BCUT2D eigenvalue weighted by atomic mass is 16.5. The highest BCUT2D eigenvalue weighted by Crippen LogP contribution is 2.28. The summed E-state index contributed by atoms with van der Waals surface area (Å²) < 4.78 is 5.69. The van der Waals surface area contributed by atoms with Gasteiger partial charge in [0.1, 0.15) is 0 Å². The lowest BCUT2D eigenvalue weighted by Gasteiger charge is -2.40. The van der Waals surface area contributed by atoms with Crippen LogP contribution in [0.3, 0.4) is 0 Å². The van der Waals surface area contributed by atoms with E-state index < -0.39 is 0 Å². The Morgan fingerprint density at radius 1 is 1.33 bits per heavy atom. The summed E-state index contributed by atoms with van der Waals surface area (Å²) in [5, 5.41) is 3.41. The van der Waals surface area contributed by atoms with E-state index in [1.165, 1.54) is 0 Å². The number of nitrogens with one attached hydrogen (secondary N) is 1. The molecule has 0 aliphatic carbocycles. The van der Waals surface area contributed by atoms with Gasteiger partial charge in [-0.05, 0) is 40.5 Å². The number of nitrogens with zero attached hydrogens (tertiary/aromatic N) is 1.